The van der Waals surface area contributed by atoms with Gasteiger partial charge in [-0.3, -0.25) is 0 Å². The van der Waals surface area contributed by atoms with Crippen LogP contribution in [0.15, 0.2) is 24.3 Å². The van der Waals surface area contributed by atoms with Crippen molar-refractivity contribution in [3.8, 4) is 11.5 Å². The highest BCUT2D eigenvalue weighted by atomic mass is 16.6. The van der Waals surface area contributed by atoms with Crippen molar-refractivity contribution in [2.45, 2.75) is 18.6 Å². The van der Waals surface area contributed by atoms with E-state index in [9.17, 15) is 5.11 Å². The van der Waals surface area contributed by atoms with Crippen LogP contribution >= 0.6 is 0 Å². The Morgan fingerprint density at radius 1 is 1.40 bits per heavy atom. The third kappa shape index (κ3) is 4.10. The lowest BCUT2D eigenvalue weighted by Crippen LogP contribution is -2.45. The van der Waals surface area contributed by atoms with Gasteiger partial charge in [0.25, 0.3) is 0 Å². The number of nitrogens with zero attached hydrogens (tertiary/aromatic N) is 1. The first-order chi connectivity index (χ1) is 9.70. The van der Waals surface area contributed by atoms with Gasteiger partial charge in [-0.1, -0.05) is 12.1 Å². The van der Waals surface area contributed by atoms with Crippen molar-refractivity contribution in [1.29, 1.82) is 0 Å². The van der Waals surface area contributed by atoms with Crippen LogP contribution in [0.25, 0.3) is 0 Å². The van der Waals surface area contributed by atoms with Gasteiger partial charge in [-0.05, 0) is 25.6 Å². The second-order valence-electron chi connectivity index (χ2n) is 5.09. The van der Waals surface area contributed by atoms with E-state index < -0.39 is 6.10 Å². The second kappa shape index (κ2) is 7.47. The number of methoxy groups -OCH3 is 1. The van der Waals surface area contributed by atoms with Crippen LogP contribution in [0.2, 0.25) is 0 Å². The van der Waals surface area contributed by atoms with Crippen molar-refractivity contribution in [3.63, 3.8) is 0 Å². The highest BCUT2D eigenvalue weighted by Crippen LogP contribution is 2.31. The third-order valence-electron chi connectivity index (χ3n) is 3.35. The first-order valence-electron chi connectivity index (χ1n) is 6.94. The predicted molar refractivity (Wildman–Crippen MR) is 76.3 cm³/mol. The molecule has 0 saturated carbocycles. The first-order valence-corrected chi connectivity index (χ1v) is 6.94. The molecule has 0 aliphatic carbocycles. The summed E-state index contributed by atoms with van der Waals surface area (Å²) in [6.45, 7) is 2.55. The van der Waals surface area contributed by atoms with Crippen LogP contribution < -0.4 is 9.47 Å². The molecular formula is C15H23NO4. The van der Waals surface area contributed by atoms with Crippen LogP contribution in [0.1, 0.15) is 6.42 Å². The Hall–Kier alpha value is -1.30. The molecule has 1 aromatic carbocycles. The van der Waals surface area contributed by atoms with Gasteiger partial charge in [-0.2, -0.15) is 0 Å². The molecular weight excluding hydrogens is 258 g/mol. The van der Waals surface area contributed by atoms with Crippen LogP contribution in [0.3, 0.4) is 0 Å². The molecule has 5 nitrogen and oxygen atoms in total. The van der Waals surface area contributed by atoms with Crippen LogP contribution in [0, 0.1) is 0 Å². The van der Waals surface area contributed by atoms with E-state index in [2.05, 4.69) is 4.90 Å². The van der Waals surface area contributed by atoms with Crippen LogP contribution in [0.5, 0.6) is 11.5 Å². The largest absolute Gasteiger partial charge is 0.486 e. The van der Waals surface area contributed by atoms with Crippen LogP contribution in [0.4, 0.5) is 0 Å². The number of ether oxygens (including phenoxy) is 3. The van der Waals surface area contributed by atoms with Gasteiger partial charge in [0.2, 0.25) is 0 Å². The average Bonchev–Trinajstić information content (AvgIpc) is 2.47. The number of para-hydroxylation sites is 2. The van der Waals surface area contributed by atoms with E-state index in [1.165, 1.54) is 0 Å². The summed E-state index contributed by atoms with van der Waals surface area (Å²) < 4.78 is 16.4. The zero-order chi connectivity index (χ0) is 14.4. The highest BCUT2D eigenvalue weighted by molar-refractivity contribution is 5.40. The minimum atomic E-state index is -0.573. The molecule has 1 heterocycles. The van der Waals surface area contributed by atoms with Crippen molar-refractivity contribution >= 4 is 0 Å². The lowest BCUT2D eigenvalue weighted by atomic mass is 10.1. The molecule has 2 atom stereocenters. The van der Waals surface area contributed by atoms with Crippen molar-refractivity contribution in [2.24, 2.45) is 0 Å². The lowest BCUT2D eigenvalue weighted by molar-refractivity contribution is -0.0229. The number of hydrogen-bond acceptors (Lipinski definition) is 5. The zero-order valence-electron chi connectivity index (χ0n) is 12.1. The molecule has 5 heteroatoms. The summed E-state index contributed by atoms with van der Waals surface area (Å²) in [4.78, 5) is 2.08. The number of aliphatic hydroxyl groups excluding tert-OH is 1. The van der Waals surface area contributed by atoms with Gasteiger partial charge < -0.3 is 24.2 Å². The second-order valence-corrected chi connectivity index (χ2v) is 5.09. The average molecular weight is 281 g/mol. The van der Waals surface area contributed by atoms with Gasteiger partial charge in [-0.15, -0.1) is 0 Å². The molecule has 2 rings (SSSR count). The molecule has 1 N–H and O–H groups in total. The molecule has 0 saturated heterocycles. The van der Waals surface area contributed by atoms with E-state index in [0.29, 0.717) is 18.9 Å². The molecule has 2 unspecified atom stereocenters. The zero-order valence-corrected chi connectivity index (χ0v) is 12.1. The van der Waals surface area contributed by atoms with Gasteiger partial charge >= 0.3 is 0 Å². The Balaban J connectivity index is 1.80. The summed E-state index contributed by atoms with van der Waals surface area (Å²) in [5.74, 6) is 1.44. The molecule has 0 fully saturated rings. The molecule has 112 valence electrons. The first kappa shape index (κ1) is 15.1. The Labute approximate surface area is 120 Å². The molecule has 0 spiro atoms. The fourth-order valence-electron chi connectivity index (χ4n) is 2.23. The minimum Gasteiger partial charge on any atom is -0.486 e. The van der Waals surface area contributed by atoms with E-state index in [1.54, 1.807) is 7.11 Å². The summed E-state index contributed by atoms with van der Waals surface area (Å²) >= 11 is 0. The van der Waals surface area contributed by atoms with Gasteiger partial charge in [0, 0.05) is 26.8 Å². The Morgan fingerprint density at radius 3 is 2.90 bits per heavy atom. The van der Waals surface area contributed by atoms with Crippen molar-refractivity contribution < 1.29 is 19.3 Å². The number of fused-ring (bicyclic) bond motifs is 1. The normalized spacial score (nSPS) is 19.1. The topological polar surface area (TPSA) is 51.2 Å². The SMILES string of the molecule is COCCCN(C)CC(O)C1COc2ccccc2O1. The predicted octanol–water partition coefficient (Wildman–Crippen LogP) is 1.16. The summed E-state index contributed by atoms with van der Waals surface area (Å²) in [6.07, 6.45) is 0.0515. The maximum Gasteiger partial charge on any atom is 0.161 e. The highest BCUT2D eigenvalue weighted by Gasteiger charge is 2.28. The Morgan fingerprint density at radius 2 is 2.15 bits per heavy atom. The molecule has 1 aliphatic rings. The van der Waals surface area contributed by atoms with Crippen LogP contribution in [-0.4, -0.2) is 62.7 Å². The molecule has 0 amide bonds. The number of benzene rings is 1. The Kier molecular flexibility index (Phi) is 5.64. The van der Waals surface area contributed by atoms with Crippen LogP contribution in [-0.2, 0) is 4.74 Å². The smallest absolute Gasteiger partial charge is 0.161 e. The lowest BCUT2D eigenvalue weighted by Gasteiger charge is -2.31. The minimum absolute atomic E-state index is 0.324. The van der Waals surface area contributed by atoms with Crippen molar-refractivity contribution in [1.82, 2.24) is 4.90 Å². The maximum absolute atomic E-state index is 10.2. The van der Waals surface area contributed by atoms with E-state index in [0.717, 1.165) is 25.3 Å². The van der Waals surface area contributed by atoms with Gasteiger partial charge in [0.15, 0.2) is 17.6 Å². The quantitative estimate of drug-likeness (QED) is 0.760. The van der Waals surface area contributed by atoms with E-state index in [4.69, 9.17) is 14.2 Å². The molecule has 20 heavy (non-hydrogen) atoms. The van der Waals surface area contributed by atoms with E-state index in [1.807, 2.05) is 31.3 Å². The summed E-state index contributed by atoms with van der Waals surface area (Å²) in [7, 11) is 3.68. The maximum atomic E-state index is 10.2. The number of likely N-dealkylation sites (N-methyl/N-ethyl adjacent to an activating group) is 1. The molecule has 1 aromatic rings. The molecule has 0 radical (unpaired) electrons. The van der Waals surface area contributed by atoms with E-state index in [-0.39, 0.29) is 6.10 Å². The number of hydrogen-bond donors (Lipinski definition) is 1. The van der Waals surface area contributed by atoms with Crippen molar-refractivity contribution in [3.05, 3.63) is 24.3 Å². The molecule has 1 aliphatic heterocycles. The van der Waals surface area contributed by atoms with Crippen molar-refractivity contribution in [2.75, 3.05) is 40.5 Å². The van der Waals surface area contributed by atoms with Gasteiger partial charge in [0.1, 0.15) is 12.7 Å². The fraction of sp³-hybridized carbons (Fsp3) is 0.600. The summed E-state index contributed by atoms with van der Waals surface area (Å²) in [5, 5.41) is 10.2. The Bertz CT molecular complexity index is 413. The molecule has 0 aromatic heterocycles. The van der Waals surface area contributed by atoms with E-state index >= 15 is 0 Å². The monoisotopic (exact) mass is 281 g/mol. The standard InChI is InChI=1S/C15H23NO4/c1-16(8-5-9-18-2)10-12(17)15-11-19-13-6-3-4-7-14(13)20-15/h3-4,6-7,12,15,17H,5,8-11H2,1-2H3. The fourth-order valence-corrected chi connectivity index (χ4v) is 2.23. The number of aliphatic hydroxyl groups is 1. The molecule has 0 bridgehead atoms. The number of rotatable bonds is 7. The summed E-state index contributed by atoms with van der Waals surface area (Å²) in [6, 6.07) is 7.53. The van der Waals surface area contributed by atoms with Gasteiger partial charge in [-0.25, -0.2) is 0 Å². The summed E-state index contributed by atoms with van der Waals surface area (Å²) in [5.41, 5.74) is 0. The van der Waals surface area contributed by atoms with Gasteiger partial charge in [0.05, 0.1) is 0 Å². The third-order valence-corrected chi connectivity index (χ3v) is 3.35.